The van der Waals surface area contributed by atoms with E-state index in [4.69, 9.17) is 21.4 Å². The summed E-state index contributed by atoms with van der Waals surface area (Å²) in [6.07, 6.45) is 0. The third-order valence-corrected chi connectivity index (χ3v) is 2.92. The standard InChI is InChI=1S/C12H17ClN2O4/c1-2-14(6-8-19-9-7-16)11-5-3-4-10(13)12(11)15(17)18/h3-5,16H,2,6-9H2,1H3. The van der Waals surface area contributed by atoms with Gasteiger partial charge in [-0.05, 0) is 19.1 Å². The number of nitro benzene ring substituents is 1. The average Bonchev–Trinajstić information content (AvgIpc) is 2.38. The molecule has 0 saturated carbocycles. The number of aliphatic hydroxyl groups excluding tert-OH is 1. The Kier molecular flexibility index (Phi) is 6.55. The Morgan fingerprint density at radius 1 is 1.47 bits per heavy atom. The Hall–Kier alpha value is -1.37. The molecule has 1 N–H and O–H groups in total. The number of anilines is 1. The molecule has 1 rings (SSSR count). The van der Waals surface area contributed by atoms with Crippen LogP contribution >= 0.6 is 11.6 Å². The van der Waals surface area contributed by atoms with Crippen molar-refractivity contribution in [1.29, 1.82) is 0 Å². The summed E-state index contributed by atoms with van der Waals surface area (Å²) in [5, 5.41) is 19.8. The number of aliphatic hydroxyl groups is 1. The van der Waals surface area contributed by atoms with Crippen molar-refractivity contribution in [3.05, 3.63) is 33.3 Å². The van der Waals surface area contributed by atoms with Crippen LogP contribution in [0.3, 0.4) is 0 Å². The van der Waals surface area contributed by atoms with Crippen LogP contribution in [-0.4, -0.2) is 42.9 Å². The fourth-order valence-corrected chi connectivity index (χ4v) is 1.97. The highest BCUT2D eigenvalue weighted by molar-refractivity contribution is 6.33. The Labute approximate surface area is 116 Å². The van der Waals surface area contributed by atoms with Crippen molar-refractivity contribution < 1.29 is 14.8 Å². The first-order chi connectivity index (χ1) is 9.11. The molecule has 106 valence electrons. The van der Waals surface area contributed by atoms with Crippen LogP contribution in [0.2, 0.25) is 5.02 Å². The van der Waals surface area contributed by atoms with E-state index < -0.39 is 4.92 Å². The first-order valence-electron chi connectivity index (χ1n) is 5.98. The molecule has 0 atom stereocenters. The molecule has 0 aliphatic rings. The number of benzene rings is 1. The zero-order valence-electron chi connectivity index (χ0n) is 10.7. The van der Waals surface area contributed by atoms with Crippen LogP contribution in [0.15, 0.2) is 18.2 Å². The van der Waals surface area contributed by atoms with Gasteiger partial charge in [0.2, 0.25) is 0 Å². The molecule has 0 aliphatic heterocycles. The van der Waals surface area contributed by atoms with Gasteiger partial charge in [-0.3, -0.25) is 10.1 Å². The fraction of sp³-hybridized carbons (Fsp3) is 0.500. The van der Waals surface area contributed by atoms with E-state index in [0.29, 0.717) is 25.4 Å². The molecule has 0 heterocycles. The number of rotatable bonds is 8. The number of likely N-dealkylation sites (N-methyl/N-ethyl adjacent to an activating group) is 1. The minimum absolute atomic E-state index is 0.0383. The van der Waals surface area contributed by atoms with Crippen molar-refractivity contribution in [3.8, 4) is 0 Å². The van der Waals surface area contributed by atoms with Crippen molar-refractivity contribution in [3.63, 3.8) is 0 Å². The van der Waals surface area contributed by atoms with Crippen LogP contribution in [0.5, 0.6) is 0 Å². The molecule has 0 spiro atoms. The van der Waals surface area contributed by atoms with E-state index in [1.807, 2.05) is 11.8 Å². The van der Waals surface area contributed by atoms with Crippen LogP contribution in [0, 0.1) is 10.1 Å². The van der Waals surface area contributed by atoms with E-state index in [1.165, 1.54) is 6.07 Å². The fourth-order valence-electron chi connectivity index (χ4n) is 1.73. The zero-order valence-corrected chi connectivity index (χ0v) is 11.5. The number of ether oxygens (including phenoxy) is 1. The third kappa shape index (κ3) is 4.34. The lowest BCUT2D eigenvalue weighted by atomic mass is 10.2. The number of halogens is 1. The van der Waals surface area contributed by atoms with E-state index in [1.54, 1.807) is 12.1 Å². The molecule has 0 amide bonds. The lowest BCUT2D eigenvalue weighted by molar-refractivity contribution is -0.384. The van der Waals surface area contributed by atoms with Gasteiger partial charge in [0, 0.05) is 13.1 Å². The molecule has 6 nitrogen and oxygen atoms in total. The largest absolute Gasteiger partial charge is 0.394 e. The van der Waals surface area contributed by atoms with E-state index >= 15 is 0 Å². The SMILES string of the molecule is CCN(CCOCCO)c1cccc(Cl)c1[N+](=O)[O-]. The van der Waals surface area contributed by atoms with Crippen molar-refractivity contribution >= 4 is 23.0 Å². The van der Waals surface area contributed by atoms with Crippen molar-refractivity contribution in [2.75, 3.05) is 37.8 Å². The second kappa shape index (κ2) is 7.93. The molecular weight excluding hydrogens is 272 g/mol. The number of para-hydroxylation sites is 1. The molecule has 1 aromatic carbocycles. The summed E-state index contributed by atoms with van der Waals surface area (Å²) < 4.78 is 5.17. The van der Waals surface area contributed by atoms with Gasteiger partial charge in [-0.2, -0.15) is 0 Å². The molecule has 1 aromatic rings. The number of hydrogen-bond acceptors (Lipinski definition) is 5. The summed E-state index contributed by atoms with van der Waals surface area (Å²) in [5.74, 6) is 0. The van der Waals surface area contributed by atoms with Gasteiger partial charge in [0.05, 0.1) is 24.7 Å². The summed E-state index contributed by atoms with van der Waals surface area (Å²) in [6.45, 7) is 3.61. The molecule has 0 fully saturated rings. The topological polar surface area (TPSA) is 75.8 Å². The molecule has 0 bridgehead atoms. The van der Waals surface area contributed by atoms with E-state index in [9.17, 15) is 10.1 Å². The van der Waals surface area contributed by atoms with Gasteiger partial charge in [-0.1, -0.05) is 17.7 Å². The quantitative estimate of drug-likeness (QED) is 0.450. The highest BCUT2D eigenvalue weighted by Gasteiger charge is 2.21. The molecule has 0 radical (unpaired) electrons. The lowest BCUT2D eigenvalue weighted by Gasteiger charge is -2.22. The number of hydrogen-bond donors (Lipinski definition) is 1. The first kappa shape index (κ1) is 15.7. The predicted molar refractivity (Wildman–Crippen MR) is 73.9 cm³/mol. The summed E-state index contributed by atoms with van der Waals surface area (Å²) in [6, 6.07) is 4.85. The Morgan fingerprint density at radius 2 is 2.21 bits per heavy atom. The highest BCUT2D eigenvalue weighted by Crippen LogP contribution is 2.34. The van der Waals surface area contributed by atoms with Gasteiger partial charge >= 0.3 is 5.69 Å². The molecule has 0 aliphatic carbocycles. The van der Waals surface area contributed by atoms with E-state index in [2.05, 4.69) is 0 Å². The van der Waals surface area contributed by atoms with Gasteiger partial charge in [0.15, 0.2) is 0 Å². The summed E-state index contributed by atoms with van der Waals surface area (Å²) >= 11 is 5.88. The Bertz CT molecular complexity index is 428. The van der Waals surface area contributed by atoms with Crippen LogP contribution in [0.1, 0.15) is 6.92 Å². The minimum atomic E-state index is -0.477. The Balaban J connectivity index is 2.86. The van der Waals surface area contributed by atoms with E-state index in [-0.39, 0.29) is 23.9 Å². The second-order valence-corrected chi connectivity index (χ2v) is 4.19. The van der Waals surface area contributed by atoms with Crippen molar-refractivity contribution in [1.82, 2.24) is 0 Å². The minimum Gasteiger partial charge on any atom is -0.394 e. The third-order valence-electron chi connectivity index (χ3n) is 2.61. The molecule has 7 heteroatoms. The van der Waals surface area contributed by atoms with Crippen molar-refractivity contribution in [2.45, 2.75) is 6.92 Å². The predicted octanol–water partition coefficient (Wildman–Crippen LogP) is 2.08. The van der Waals surface area contributed by atoms with E-state index in [0.717, 1.165) is 0 Å². The Morgan fingerprint density at radius 3 is 2.79 bits per heavy atom. The first-order valence-corrected chi connectivity index (χ1v) is 6.36. The van der Waals surface area contributed by atoms with Crippen LogP contribution < -0.4 is 4.90 Å². The van der Waals surface area contributed by atoms with Gasteiger partial charge in [0.1, 0.15) is 10.7 Å². The number of nitrogens with zero attached hydrogens (tertiary/aromatic N) is 2. The summed E-state index contributed by atoms with van der Waals surface area (Å²) in [5.41, 5.74) is 0.390. The van der Waals surface area contributed by atoms with Crippen LogP contribution in [0.25, 0.3) is 0 Å². The lowest BCUT2D eigenvalue weighted by Crippen LogP contribution is -2.28. The molecule has 19 heavy (non-hydrogen) atoms. The molecular formula is C12H17ClN2O4. The van der Waals surface area contributed by atoms with Crippen LogP contribution in [-0.2, 0) is 4.74 Å². The highest BCUT2D eigenvalue weighted by atomic mass is 35.5. The maximum atomic E-state index is 11.1. The van der Waals surface area contributed by atoms with Gasteiger partial charge < -0.3 is 14.7 Å². The van der Waals surface area contributed by atoms with Crippen molar-refractivity contribution in [2.24, 2.45) is 0 Å². The molecule has 0 saturated heterocycles. The molecule has 0 aromatic heterocycles. The average molecular weight is 289 g/mol. The smallest absolute Gasteiger partial charge is 0.310 e. The number of nitro groups is 1. The monoisotopic (exact) mass is 288 g/mol. The zero-order chi connectivity index (χ0) is 14.3. The summed E-state index contributed by atoms with van der Waals surface area (Å²) in [7, 11) is 0. The molecule has 0 unspecified atom stereocenters. The normalized spacial score (nSPS) is 10.5. The van der Waals surface area contributed by atoms with Gasteiger partial charge in [-0.15, -0.1) is 0 Å². The second-order valence-electron chi connectivity index (χ2n) is 3.78. The summed E-state index contributed by atoms with van der Waals surface area (Å²) in [4.78, 5) is 12.4. The van der Waals surface area contributed by atoms with Gasteiger partial charge in [0.25, 0.3) is 0 Å². The van der Waals surface area contributed by atoms with Crippen LogP contribution in [0.4, 0.5) is 11.4 Å². The maximum absolute atomic E-state index is 11.1. The van der Waals surface area contributed by atoms with Gasteiger partial charge in [-0.25, -0.2) is 0 Å². The maximum Gasteiger partial charge on any atom is 0.310 e.